The van der Waals surface area contributed by atoms with Crippen LogP contribution in [0.5, 0.6) is 0 Å². The molecule has 1 heterocycles. The first-order valence-electron chi connectivity index (χ1n) is 7.11. The molecule has 1 N–H and O–H groups in total. The molecule has 0 spiro atoms. The van der Waals surface area contributed by atoms with Crippen LogP contribution in [0.15, 0.2) is 36.5 Å². The Morgan fingerprint density at radius 1 is 1.33 bits per heavy atom. The smallest absolute Gasteiger partial charge is 0.0834 e. The highest BCUT2D eigenvalue weighted by atomic mass is 35.5. The summed E-state index contributed by atoms with van der Waals surface area (Å²) in [5.41, 5.74) is 2.28. The number of hydrogen-bond acceptors (Lipinski definition) is 3. The van der Waals surface area contributed by atoms with Crippen LogP contribution in [0.25, 0.3) is 0 Å². The molecule has 0 saturated heterocycles. The van der Waals surface area contributed by atoms with Crippen molar-refractivity contribution < 1.29 is 4.74 Å². The first-order chi connectivity index (χ1) is 10.2. The normalized spacial score (nSPS) is 14.1. The van der Waals surface area contributed by atoms with E-state index in [9.17, 15) is 0 Å². The highest BCUT2D eigenvalue weighted by Crippen LogP contribution is 2.33. The molecule has 2 rings (SSSR count). The van der Waals surface area contributed by atoms with Gasteiger partial charge in [0.2, 0.25) is 0 Å². The monoisotopic (exact) mass is 307 g/mol. The lowest BCUT2D eigenvalue weighted by atomic mass is 9.91. The van der Waals surface area contributed by atoms with Crippen molar-refractivity contribution in [1.82, 2.24) is 15.1 Å². The van der Waals surface area contributed by atoms with Crippen LogP contribution >= 0.6 is 11.6 Å². The van der Waals surface area contributed by atoms with Crippen LogP contribution in [0.3, 0.4) is 0 Å². The Balaban J connectivity index is 2.31. The minimum atomic E-state index is 0.0965. The summed E-state index contributed by atoms with van der Waals surface area (Å²) in [5, 5.41) is 8.43. The number of benzene rings is 1. The molecular weight excluding hydrogens is 286 g/mol. The second-order valence-electron chi connectivity index (χ2n) is 5.06. The van der Waals surface area contributed by atoms with E-state index >= 15 is 0 Å². The van der Waals surface area contributed by atoms with Crippen molar-refractivity contribution in [2.45, 2.75) is 25.4 Å². The molecule has 0 aliphatic rings. The third-order valence-corrected chi connectivity index (χ3v) is 4.06. The maximum absolute atomic E-state index is 6.36. The Hall–Kier alpha value is -1.36. The van der Waals surface area contributed by atoms with Gasteiger partial charge in [0.1, 0.15) is 0 Å². The summed E-state index contributed by atoms with van der Waals surface area (Å²) < 4.78 is 7.07. The van der Waals surface area contributed by atoms with Gasteiger partial charge in [-0.05, 0) is 12.6 Å². The van der Waals surface area contributed by atoms with E-state index in [0.717, 1.165) is 5.69 Å². The van der Waals surface area contributed by atoms with Crippen LogP contribution in [0.4, 0.5) is 0 Å². The van der Waals surface area contributed by atoms with Gasteiger partial charge in [-0.2, -0.15) is 5.10 Å². The van der Waals surface area contributed by atoms with Crippen LogP contribution < -0.4 is 5.32 Å². The summed E-state index contributed by atoms with van der Waals surface area (Å²) in [5.74, 6) is 0.284. The van der Waals surface area contributed by atoms with Gasteiger partial charge in [0.25, 0.3) is 0 Å². The van der Waals surface area contributed by atoms with Gasteiger partial charge in [-0.25, -0.2) is 0 Å². The summed E-state index contributed by atoms with van der Waals surface area (Å²) in [6, 6.07) is 10.5. The molecule has 1 aromatic carbocycles. The predicted molar refractivity (Wildman–Crippen MR) is 85.8 cm³/mol. The number of nitrogens with zero attached hydrogens (tertiary/aromatic N) is 2. The number of aromatic nitrogens is 2. The average molecular weight is 308 g/mol. The molecule has 0 aliphatic heterocycles. The molecule has 2 atom stereocenters. The molecule has 0 amide bonds. The standard InChI is InChI=1S/C16H22ClN3O/c1-12(13-7-5-4-6-8-13)15(18-2)16-14(17)11-19-20(16)9-10-21-3/h4-8,11-12,15,18H,9-10H2,1-3H3. The van der Waals surface area contributed by atoms with Gasteiger partial charge >= 0.3 is 0 Å². The van der Waals surface area contributed by atoms with Crippen molar-refractivity contribution in [3.63, 3.8) is 0 Å². The first kappa shape index (κ1) is 16.0. The van der Waals surface area contributed by atoms with E-state index in [2.05, 4.69) is 41.6 Å². The van der Waals surface area contributed by atoms with Gasteiger partial charge in [-0.15, -0.1) is 0 Å². The fourth-order valence-electron chi connectivity index (χ4n) is 2.61. The molecule has 0 radical (unpaired) electrons. The Morgan fingerprint density at radius 3 is 2.67 bits per heavy atom. The van der Waals surface area contributed by atoms with Crippen molar-refractivity contribution in [2.75, 3.05) is 20.8 Å². The Labute approximate surface area is 131 Å². The van der Waals surface area contributed by atoms with E-state index in [1.54, 1.807) is 13.3 Å². The Kier molecular flexibility index (Phi) is 5.79. The third-order valence-electron chi connectivity index (χ3n) is 3.77. The molecule has 114 valence electrons. The van der Waals surface area contributed by atoms with Gasteiger partial charge < -0.3 is 10.1 Å². The van der Waals surface area contributed by atoms with Gasteiger partial charge in [0, 0.05) is 13.0 Å². The number of methoxy groups -OCH3 is 1. The van der Waals surface area contributed by atoms with Gasteiger partial charge in [-0.1, -0.05) is 48.9 Å². The molecule has 1 aromatic heterocycles. The zero-order valence-electron chi connectivity index (χ0n) is 12.7. The maximum atomic E-state index is 6.36. The quantitative estimate of drug-likeness (QED) is 0.853. The number of likely N-dealkylation sites (N-methyl/N-ethyl adjacent to an activating group) is 1. The summed E-state index contributed by atoms with van der Waals surface area (Å²) in [6.07, 6.45) is 1.70. The number of nitrogens with one attached hydrogen (secondary N) is 1. The molecule has 2 aromatic rings. The number of rotatable bonds is 7. The van der Waals surface area contributed by atoms with Crippen molar-refractivity contribution in [1.29, 1.82) is 0 Å². The molecular formula is C16H22ClN3O. The van der Waals surface area contributed by atoms with E-state index in [1.807, 2.05) is 17.8 Å². The lowest BCUT2D eigenvalue weighted by molar-refractivity contribution is 0.181. The summed E-state index contributed by atoms with van der Waals surface area (Å²) in [4.78, 5) is 0. The lowest BCUT2D eigenvalue weighted by Gasteiger charge is -2.25. The van der Waals surface area contributed by atoms with E-state index in [0.29, 0.717) is 18.2 Å². The topological polar surface area (TPSA) is 39.1 Å². The molecule has 21 heavy (non-hydrogen) atoms. The van der Waals surface area contributed by atoms with Gasteiger partial charge in [-0.3, -0.25) is 4.68 Å². The van der Waals surface area contributed by atoms with E-state index in [1.165, 1.54) is 5.56 Å². The summed E-state index contributed by atoms with van der Waals surface area (Å²) in [6.45, 7) is 3.50. The number of halogens is 1. The Bertz CT molecular complexity index is 556. The Morgan fingerprint density at radius 2 is 2.05 bits per heavy atom. The molecule has 0 bridgehead atoms. The number of hydrogen-bond donors (Lipinski definition) is 1. The van der Waals surface area contributed by atoms with Crippen LogP contribution in [0.2, 0.25) is 5.02 Å². The van der Waals surface area contributed by atoms with Crippen LogP contribution in [0.1, 0.15) is 30.1 Å². The summed E-state index contributed by atoms with van der Waals surface area (Å²) >= 11 is 6.36. The number of ether oxygens (including phenoxy) is 1. The van der Waals surface area contributed by atoms with E-state index in [4.69, 9.17) is 16.3 Å². The largest absolute Gasteiger partial charge is 0.383 e. The van der Waals surface area contributed by atoms with E-state index in [-0.39, 0.29) is 12.0 Å². The van der Waals surface area contributed by atoms with Crippen LogP contribution in [-0.2, 0) is 11.3 Å². The summed E-state index contributed by atoms with van der Waals surface area (Å²) in [7, 11) is 3.64. The maximum Gasteiger partial charge on any atom is 0.0834 e. The second-order valence-corrected chi connectivity index (χ2v) is 5.47. The van der Waals surface area contributed by atoms with E-state index < -0.39 is 0 Å². The van der Waals surface area contributed by atoms with Crippen LogP contribution in [0, 0.1) is 0 Å². The minimum absolute atomic E-state index is 0.0965. The zero-order chi connectivity index (χ0) is 15.2. The predicted octanol–water partition coefficient (Wildman–Crippen LogP) is 3.25. The first-order valence-corrected chi connectivity index (χ1v) is 7.49. The van der Waals surface area contributed by atoms with Crippen molar-refractivity contribution in [3.8, 4) is 0 Å². The second kappa shape index (κ2) is 7.59. The average Bonchev–Trinajstić information content (AvgIpc) is 2.88. The molecule has 0 fully saturated rings. The molecule has 4 nitrogen and oxygen atoms in total. The minimum Gasteiger partial charge on any atom is -0.383 e. The SMILES string of the molecule is CNC(c1c(Cl)cnn1CCOC)C(C)c1ccccc1. The molecule has 0 saturated carbocycles. The van der Waals surface area contributed by atoms with Crippen molar-refractivity contribution >= 4 is 11.6 Å². The highest BCUT2D eigenvalue weighted by Gasteiger charge is 2.25. The van der Waals surface area contributed by atoms with Gasteiger partial charge in [0.05, 0.1) is 36.1 Å². The fraction of sp³-hybridized carbons (Fsp3) is 0.438. The third kappa shape index (κ3) is 3.64. The zero-order valence-corrected chi connectivity index (χ0v) is 13.5. The highest BCUT2D eigenvalue weighted by molar-refractivity contribution is 6.31. The van der Waals surface area contributed by atoms with Crippen LogP contribution in [-0.4, -0.2) is 30.5 Å². The molecule has 5 heteroatoms. The molecule has 0 aliphatic carbocycles. The van der Waals surface area contributed by atoms with Gasteiger partial charge in [0.15, 0.2) is 0 Å². The van der Waals surface area contributed by atoms with Crippen molar-refractivity contribution in [2.24, 2.45) is 0 Å². The fourth-order valence-corrected chi connectivity index (χ4v) is 2.87. The molecule has 2 unspecified atom stereocenters. The van der Waals surface area contributed by atoms with Crippen molar-refractivity contribution in [3.05, 3.63) is 52.8 Å². The lowest BCUT2D eigenvalue weighted by Crippen LogP contribution is -2.26.